The Kier molecular flexibility index (Phi) is 6.73. The average Bonchev–Trinajstić information content (AvgIpc) is 2.70. The first-order valence-corrected chi connectivity index (χ1v) is 11.3. The second kappa shape index (κ2) is 8.92. The summed E-state index contributed by atoms with van der Waals surface area (Å²) in [6.45, 7) is 2.30. The SMILES string of the molecule is COc1ccc(S(=O)(=O)N2CCCC(C(=O)Nc3ccc(Cl)c(Cl)c3)C2)cc1C. The number of carbonyl (C=O) groups excluding carboxylic acids is 1. The number of halogens is 2. The lowest BCUT2D eigenvalue weighted by Gasteiger charge is -2.31. The molecule has 1 heterocycles. The van der Waals surface area contributed by atoms with Crippen LogP contribution in [0.2, 0.25) is 10.0 Å². The molecule has 0 spiro atoms. The van der Waals surface area contributed by atoms with Gasteiger partial charge >= 0.3 is 0 Å². The zero-order valence-corrected chi connectivity index (χ0v) is 18.4. The minimum absolute atomic E-state index is 0.126. The number of rotatable bonds is 5. The Hall–Kier alpha value is -1.80. The van der Waals surface area contributed by atoms with Crippen LogP contribution in [0, 0.1) is 12.8 Å². The number of anilines is 1. The highest BCUT2D eigenvalue weighted by atomic mass is 35.5. The summed E-state index contributed by atoms with van der Waals surface area (Å²) >= 11 is 11.9. The van der Waals surface area contributed by atoms with Gasteiger partial charge in [0.25, 0.3) is 0 Å². The van der Waals surface area contributed by atoms with Crippen molar-refractivity contribution in [1.29, 1.82) is 0 Å². The van der Waals surface area contributed by atoms with E-state index in [9.17, 15) is 13.2 Å². The highest BCUT2D eigenvalue weighted by molar-refractivity contribution is 7.89. The number of methoxy groups -OCH3 is 1. The van der Waals surface area contributed by atoms with Crippen molar-refractivity contribution in [3.05, 3.63) is 52.0 Å². The van der Waals surface area contributed by atoms with Crippen LogP contribution in [-0.2, 0) is 14.8 Å². The summed E-state index contributed by atoms with van der Waals surface area (Å²) in [7, 11) is -2.16. The predicted molar refractivity (Wildman–Crippen MR) is 114 cm³/mol. The first-order valence-electron chi connectivity index (χ1n) is 9.13. The van der Waals surface area contributed by atoms with Crippen molar-refractivity contribution < 1.29 is 17.9 Å². The number of carbonyl (C=O) groups is 1. The van der Waals surface area contributed by atoms with Crippen molar-refractivity contribution in [1.82, 2.24) is 4.31 Å². The molecule has 2 aromatic carbocycles. The normalized spacial score (nSPS) is 17.7. The highest BCUT2D eigenvalue weighted by Gasteiger charge is 2.33. The summed E-state index contributed by atoms with van der Waals surface area (Å²) in [6.07, 6.45) is 1.22. The number of hydrogen-bond donors (Lipinski definition) is 1. The molecule has 2 aromatic rings. The molecule has 156 valence electrons. The number of benzene rings is 2. The molecule has 1 N–H and O–H groups in total. The Balaban J connectivity index is 1.74. The van der Waals surface area contributed by atoms with Crippen molar-refractivity contribution in [2.24, 2.45) is 5.92 Å². The van der Waals surface area contributed by atoms with Crippen molar-refractivity contribution in [3.8, 4) is 5.75 Å². The monoisotopic (exact) mass is 456 g/mol. The molecule has 1 fully saturated rings. The fourth-order valence-electron chi connectivity index (χ4n) is 3.35. The van der Waals surface area contributed by atoms with Gasteiger partial charge in [0.05, 0.1) is 28.0 Å². The van der Waals surface area contributed by atoms with E-state index >= 15 is 0 Å². The predicted octanol–water partition coefficient (Wildman–Crippen LogP) is 4.35. The van der Waals surface area contributed by atoms with Gasteiger partial charge in [-0.15, -0.1) is 0 Å². The van der Waals surface area contributed by atoms with E-state index in [1.54, 1.807) is 37.3 Å². The lowest BCUT2D eigenvalue weighted by molar-refractivity contribution is -0.120. The zero-order chi connectivity index (χ0) is 21.2. The molecule has 1 aliphatic heterocycles. The third-order valence-electron chi connectivity index (χ3n) is 4.95. The van der Waals surface area contributed by atoms with Gasteiger partial charge in [0.15, 0.2) is 0 Å². The van der Waals surface area contributed by atoms with Gasteiger partial charge in [-0.2, -0.15) is 4.31 Å². The first-order chi connectivity index (χ1) is 13.7. The Morgan fingerprint density at radius 3 is 2.59 bits per heavy atom. The first kappa shape index (κ1) is 21.9. The highest BCUT2D eigenvalue weighted by Crippen LogP contribution is 2.29. The third-order valence-corrected chi connectivity index (χ3v) is 7.55. The maximum Gasteiger partial charge on any atom is 0.243 e. The standard InChI is InChI=1S/C20H22Cl2N2O4S/c1-13-10-16(6-8-19(13)28-2)29(26,27)24-9-3-4-14(12-24)20(25)23-15-5-7-17(21)18(22)11-15/h5-8,10-11,14H,3-4,9,12H2,1-2H3,(H,23,25). The topological polar surface area (TPSA) is 75.7 Å². The molecule has 0 bridgehead atoms. The maximum absolute atomic E-state index is 13.1. The summed E-state index contributed by atoms with van der Waals surface area (Å²) < 4.78 is 32.7. The molecule has 1 saturated heterocycles. The minimum atomic E-state index is -3.70. The van der Waals surface area contributed by atoms with Gasteiger partial charge < -0.3 is 10.1 Å². The molecule has 1 aliphatic rings. The maximum atomic E-state index is 13.1. The number of aryl methyl sites for hydroxylation is 1. The number of piperidine rings is 1. The van der Waals surface area contributed by atoms with Crippen LogP contribution in [0.4, 0.5) is 5.69 Å². The van der Waals surface area contributed by atoms with Gasteiger partial charge in [-0.1, -0.05) is 23.2 Å². The molecule has 1 unspecified atom stereocenters. The fraction of sp³-hybridized carbons (Fsp3) is 0.350. The van der Waals surface area contributed by atoms with Gasteiger partial charge in [-0.05, 0) is 61.7 Å². The Bertz CT molecular complexity index is 1030. The second-order valence-corrected chi connectivity index (χ2v) is 9.70. The molecule has 6 nitrogen and oxygen atoms in total. The van der Waals surface area contributed by atoms with Gasteiger partial charge in [0, 0.05) is 18.8 Å². The van der Waals surface area contributed by atoms with Crippen molar-refractivity contribution in [2.75, 3.05) is 25.5 Å². The Morgan fingerprint density at radius 1 is 1.17 bits per heavy atom. The van der Waals surface area contributed by atoms with Crippen molar-refractivity contribution >= 4 is 44.8 Å². The molecule has 1 atom stereocenters. The number of hydrogen-bond acceptors (Lipinski definition) is 4. The van der Waals surface area contributed by atoms with Crippen LogP contribution in [0.25, 0.3) is 0 Å². The minimum Gasteiger partial charge on any atom is -0.496 e. The lowest BCUT2D eigenvalue weighted by atomic mass is 9.99. The third kappa shape index (κ3) is 4.86. The molecule has 0 radical (unpaired) electrons. The quantitative estimate of drug-likeness (QED) is 0.725. The van der Waals surface area contributed by atoms with E-state index < -0.39 is 15.9 Å². The second-order valence-electron chi connectivity index (χ2n) is 6.95. The van der Waals surface area contributed by atoms with Crippen LogP contribution in [-0.4, -0.2) is 38.8 Å². The Morgan fingerprint density at radius 2 is 1.93 bits per heavy atom. The van der Waals surface area contributed by atoms with Crippen LogP contribution in [0.5, 0.6) is 5.75 Å². The summed E-state index contributed by atoms with van der Waals surface area (Å²) in [5.41, 5.74) is 1.26. The van der Waals surface area contributed by atoms with Crippen LogP contribution >= 0.6 is 23.2 Å². The molecule has 0 aliphatic carbocycles. The van der Waals surface area contributed by atoms with Gasteiger partial charge in [-0.3, -0.25) is 4.79 Å². The molecule has 9 heteroatoms. The number of sulfonamides is 1. The molecular weight excluding hydrogens is 435 g/mol. The number of nitrogens with zero attached hydrogens (tertiary/aromatic N) is 1. The summed E-state index contributed by atoms with van der Waals surface area (Å²) in [4.78, 5) is 12.9. The number of ether oxygens (including phenoxy) is 1. The summed E-state index contributed by atoms with van der Waals surface area (Å²) in [5, 5.41) is 3.53. The van der Waals surface area contributed by atoms with E-state index in [0.717, 1.165) is 5.56 Å². The molecule has 0 saturated carbocycles. The van der Waals surface area contributed by atoms with E-state index in [0.29, 0.717) is 40.9 Å². The van der Waals surface area contributed by atoms with Crippen molar-refractivity contribution in [2.45, 2.75) is 24.7 Å². The van der Waals surface area contributed by atoms with Crippen LogP contribution in [0.3, 0.4) is 0 Å². The van der Waals surface area contributed by atoms with Gasteiger partial charge in [-0.25, -0.2) is 8.42 Å². The van der Waals surface area contributed by atoms with E-state index in [1.165, 1.54) is 17.5 Å². The van der Waals surface area contributed by atoms with E-state index in [2.05, 4.69) is 5.32 Å². The summed E-state index contributed by atoms with van der Waals surface area (Å²) in [6, 6.07) is 9.58. The molecule has 29 heavy (non-hydrogen) atoms. The molecule has 3 rings (SSSR count). The molecule has 0 aromatic heterocycles. The average molecular weight is 457 g/mol. The van der Waals surface area contributed by atoms with Crippen LogP contribution in [0.15, 0.2) is 41.3 Å². The van der Waals surface area contributed by atoms with E-state index in [-0.39, 0.29) is 17.3 Å². The largest absolute Gasteiger partial charge is 0.496 e. The van der Waals surface area contributed by atoms with Crippen LogP contribution < -0.4 is 10.1 Å². The van der Waals surface area contributed by atoms with Crippen molar-refractivity contribution in [3.63, 3.8) is 0 Å². The van der Waals surface area contributed by atoms with E-state index in [4.69, 9.17) is 27.9 Å². The molecule has 1 amide bonds. The zero-order valence-electron chi connectivity index (χ0n) is 16.1. The van der Waals surface area contributed by atoms with E-state index in [1.807, 2.05) is 0 Å². The number of nitrogens with one attached hydrogen (secondary N) is 1. The molecular formula is C20H22Cl2N2O4S. The summed E-state index contributed by atoms with van der Waals surface area (Å²) in [5.74, 6) is -0.0667. The van der Waals surface area contributed by atoms with Gasteiger partial charge in [0.2, 0.25) is 15.9 Å². The van der Waals surface area contributed by atoms with Gasteiger partial charge in [0.1, 0.15) is 5.75 Å². The number of amides is 1. The van der Waals surface area contributed by atoms with Crippen LogP contribution in [0.1, 0.15) is 18.4 Å². The smallest absolute Gasteiger partial charge is 0.243 e. The fourth-order valence-corrected chi connectivity index (χ4v) is 5.26. The Labute approximate surface area is 180 Å². The lowest BCUT2D eigenvalue weighted by Crippen LogP contribution is -2.43.